The van der Waals surface area contributed by atoms with E-state index in [1.165, 1.54) is 25.1 Å². The third kappa shape index (κ3) is 3.25. The Kier molecular flexibility index (Phi) is 4.41. The van der Waals surface area contributed by atoms with Crippen molar-refractivity contribution in [2.45, 2.75) is 25.7 Å². The van der Waals surface area contributed by atoms with Crippen LogP contribution in [0.15, 0.2) is 36.7 Å². The molecule has 2 heterocycles. The Labute approximate surface area is 148 Å². The van der Waals surface area contributed by atoms with Crippen molar-refractivity contribution in [2.75, 3.05) is 5.75 Å². The highest BCUT2D eigenvalue weighted by molar-refractivity contribution is 7.91. The number of aromatic nitrogens is 2. The number of aliphatic hydroxyl groups excluding tert-OH is 1. The van der Waals surface area contributed by atoms with Crippen molar-refractivity contribution in [3.63, 3.8) is 0 Å². The molecule has 0 atom stereocenters. The van der Waals surface area contributed by atoms with E-state index in [1.54, 1.807) is 13.8 Å². The van der Waals surface area contributed by atoms with Crippen LogP contribution in [0.4, 0.5) is 0 Å². The molecule has 26 heavy (non-hydrogen) atoms. The smallest absolute Gasteiger partial charge is 0.362 e. The van der Waals surface area contributed by atoms with Gasteiger partial charge in [0.1, 0.15) is 5.52 Å². The van der Waals surface area contributed by atoms with Crippen molar-refractivity contribution in [2.24, 2.45) is 0 Å². The van der Waals surface area contributed by atoms with E-state index in [0.29, 0.717) is 11.6 Å². The molecular formula is C17H16N2O6S. The van der Waals surface area contributed by atoms with E-state index in [1.807, 2.05) is 0 Å². The summed E-state index contributed by atoms with van der Waals surface area (Å²) < 4.78 is 34.5. The normalized spacial score (nSPS) is 12.7. The largest absolute Gasteiger partial charge is 0.504 e. The first-order chi connectivity index (χ1) is 12.2. The minimum Gasteiger partial charge on any atom is -0.504 e. The maximum absolute atomic E-state index is 12.1. The highest BCUT2D eigenvalue weighted by atomic mass is 32.2. The van der Waals surface area contributed by atoms with Crippen LogP contribution in [0.2, 0.25) is 0 Å². The molecule has 0 aliphatic rings. The third-order valence-electron chi connectivity index (χ3n) is 3.73. The van der Waals surface area contributed by atoms with Gasteiger partial charge in [0.25, 0.3) is 0 Å². The number of sulfone groups is 1. The van der Waals surface area contributed by atoms with Gasteiger partial charge in [0.2, 0.25) is 0 Å². The monoisotopic (exact) mass is 376 g/mol. The summed E-state index contributed by atoms with van der Waals surface area (Å²) in [6.07, 6.45) is 1.10. The fourth-order valence-corrected chi connectivity index (χ4v) is 3.31. The Hall–Kier alpha value is -2.94. The van der Waals surface area contributed by atoms with Crippen molar-refractivity contribution in [3.8, 4) is 0 Å². The van der Waals surface area contributed by atoms with Crippen LogP contribution in [0.1, 0.15) is 30.0 Å². The highest BCUT2D eigenvalue weighted by Gasteiger charge is 2.16. The zero-order valence-corrected chi connectivity index (χ0v) is 15.1. The third-order valence-corrected chi connectivity index (χ3v) is 5.46. The highest BCUT2D eigenvalue weighted by Crippen LogP contribution is 2.21. The molecular weight excluding hydrogens is 360 g/mol. The van der Waals surface area contributed by atoms with E-state index in [-0.39, 0.29) is 39.0 Å². The molecule has 0 radical (unpaired) electrons. The molecule has 136 valence electrons. The molecule has 8 nitrogen and oxygen atoms in total. The molecule has 9 heteroatoms. The summed E-state index contributed by atoms with van der Waals surface area (Å²) in [6.45, 7) is 4.81. The van der Waals surface area contributed by atoms with Crippen LogP contribution in [0.3, 0.4) is 0 Å². The van der Waals surface area contributed by atoms with Gasteiger partial charge in [-0.2, -0.15) is 0 Å². The van der Waals surface area contributed by atoms with Gasteiger partial charge in [-0.05, 0) is 25.1 Å². The topological polar surface area (TPSA) is 124 Å². The summed E-state index contributed by atoms with van der Waals surface area (Å²) in [7, 11) is -3.43. The number of aryl methyl sites for hydroxylation is 2. The molecule has 0 saturated carbocycles. The van der Waals surface area contributed by atoms with E-state index in [9.17, 15) is 18.3 Å². The summed E-state index contributed by atoms with van der Waals surface area (Å²) in [4.78, 5) is 20.3. The molecule has 0 bridgehead atoms. The SMILES string of the molecule is CCS(=O)(=O)c1ccc2oc(=O)c(/C=C(\O)c3oc(C)nc3C)nc2c1. The molecule has 0 aliphatic carbocycles. The average Bonchev–Trinajstić information content (AvgIpc) is 2.93. The van der Waals surface area contributed by atoms with Crippen LogP contribution >= 0.6 is 0 Å². The second kappa shape index (κ2) is 6.41. The molecule has 3 rings (SSSR count). The Morgan fingerprint density at radius 2 is 1.96 bits per heavy atom. The summed E-state index contributed by atoms with van der Waals surface area (Å²) in [6, 6.07) is 4.07. The van der Waals surface area contributed by atoms with Crippen LogP contribution in [0, 0.1) is 13.8 Å². The molecule has 3 aromatic rings. The molecule has 0 amide bonds. The number of aliphatic hydroxyl groups is 1. The number of fused-ring (bicyclic) bond motifs is 1. The number of hydrogen-bond acceptors (Lipinski definition) is 8. The second-order valence-corrected chi connectivity index (χ2v) is 7.87. The molecule has 1 N–H and O–H groups in total. The van der Waals surface area contributed by atoms with Gasteiger partial charge < -0.3 is 13.9 Å². The van der Waals surface area contributed by atoms with Crippen LogP contribution in [0.25, 0.3) is 22.9 Å². The minimum atomic E-state index is -3.43. The van der Waals surface area contributed by atoms with Crippen molar-refractivity contribution in [1.82, 2.24) is 9.97 Å². The first-order valence-electron chi connectivity index (χ1n) is 7.74. The summed E-state index contributed by atoms with van der Waals surface area (Å²) >= 11 is 0. The van der Waals surface area contributed by atoms with Crippen molar-refractivity contribution >= 4 is 32.8 Å². The zero-order valence-electron chi connectivity index (χ0n) is 14.3. The maximum atomic E-state index is 12.1. The predicted octanol–water partition coefficient (Wildman–Crippen LogP) is 2.64. The Morgan fingerprint density at radius 1 is 1.23 bits per heavy atom. The number of rotatable bonds is 4. The van der Waals surface area contributed by atoms with Gasteiger partial charge in [0.05, 0.1) is 16.3 Å². The van der Waals surface area contributed by atoms with Gasteiger partial charge in [-0.15, -0.1) is 0 Å². The summed E-state index contributed by atoms with van der Waals surface area (Å²) in [5.74, 6) is 0.0866. The van der Waals surface area contributed by atoms with Crippen molar-refractivity contribution in [3.05, 3.63) is 51.7 Å². The lowest BCUT2D eigenvalue weighted by atomic mass is 10.2. The summed E-state index contributed by atoms with van der Waals surface area (Å²) in [5.41, 5.74) is -0.173. The fraction of sp³-hybridized carbons (Fsp3) is 0.235. The number of hydrogen-bond donors (Lipinski definition) is 1. The first-order valence-corrected chi connectivity index (χ1v) is 9.39. The van der Waals surface area contributed by atoms with Gasteiger partial charge >= 0.3 is 5.63 Å². The van der Waals surface area contributed by atoms with E-state index < -0.39 is 15.5 Å². The van der Waals surface area contributed by atoms with E-state index >= 15 is 0 Å². The number of nitrogens with zero attached hydrogens (tertiary/aromatic N) is 2. The van der Waals surface area contributed by atoms with Gasteiger partial charge in [-0.1, -0.05) is 6.92 Å². The molecule has 0 unspecified atom stereocenters. The fourth-order valence-electron chi connectivity index (χ4n) is 2.41. The van der Waals surface area contributed by atoms with Gasteiger partial charge in [0, 0.05) is 13.0 Å². The number of oxazole rings is 1. The molecule has 0 saturated heterocycles. The predicted molar refractivity (Wildman–Crippen MR) is 94.5 cm³/mol. The lowest BCUT2D eigenvalue weighted by Crippen LogP contribution is -2.08. The van der Waals surface area contributed by atoms with Gasteiger partial charge in [-0.25, -0.2) is 23.2 Å². The summed E-state index contributed by atoms with van der Waals surface area (Å²) in [5, 5.41) is 10.2. The van der Waals surface area contributed by atoms with Crippen LogP contribution in [-0.4, -0.2) is 29.2 Å². The van der Waals surface area contributed by atoms with E-state index in [4.69, 9.17) is 8.83 Å². The lowest BCUT2D eigenvalue weighted by Gasteiger charge is -2.03. The lowest BCUT2D eigenvalue weighted by molar-refractivity contribution is 0.446. The number of benzene rings is 1. The van der Waals surface area contributed by atoms with Crippen LogP contribution in [-0.2, 0) is 9.84 Å². The zero-order chi connectivity index (χ0) is 19.1. The van der Waals surface area contributed by atoms with Gasteiger partial charge in [0.15, 0.2) is 38.5 Å². The Morgan fingerprint density at radius 3 is 2.58 bits per heavy atom. The van der Waals surface area contributed by atoms with Crippen LogP contribution < -0.4 is 5.63 Å². The van der Waals surface area contributed by atoms with Crippen LogP contribution in [0.5, 0.6) is 0 Å². The Balaban J connectivity index is 2.14. The molecule has 0 spiro atoms. The van der Waals surface area contributed by atoms with Crippen molar-refractivity contribution in [1.29, 1.82) is 0 Å². The van der Waals surface area contributed by atoms with Gasteiger partial charge in [-0.3, -0.25) is 0 Å². The Bertz CT molecular complexity index is 1190. The molecule has 1 aromatic carbocycles. The van der Waals surface area contributed by atoms with E-state index in [2.05, 4.69) is 9.97 Å². The van der Waals surface area contributed by atoms with E-state index in [0.717, 1.165) is 6.08 Å². The standard InChI is InChI=1S/C17H16N2O6S/c1-4-26(22,23)11-5-6-15-12(7-11)19-13(17(21)25-15)8-14(20)16-9(2)18-10(3)24-16/h5-8,20H,4H2,1-3H3/b14-8-. The second-order valence-electron chi connectivity index (χ2n) is 5.60. The first kappa shape index (κ1) is 17.9. The quantitative estimate of drug-likeness (QED) is 0.689. The molecule has 2 aromatic heterocycles. The molecule has 0 aliphatic heterocycles. The van der Waals surface area contributed by atoms with Crippen molar-refractivity contribution < 1.29 is 22.4 Å². The molecule has 0 fully saturated rings. The minimum absolute atomic E-state index is 0.0625. The average molecular weight is 376 g/mol. The maximum Gasteiger partial charge on any atom is 0.362 e.